The molecule has 25 heavy (non-hydrogen) atoms. The number of nitriles is 1. The highest BCUT2D eigenvalue weighted by atomic mass is 32.2. The highest BCUT2D eigenvalue weighted by molar-refractivity contribution is 7.90. The molecule has 0 aliphatic carbocycles. The van der Waals surface area contributed by atoms with E-state index in [4.69, 9.17) is 9.05 Å². The maximum atomic E-state index is 13.1. The fourth-order valence-electron chi connectivity index (χ4n) is 2.91. The summed E-state index contributed by atoms with van der Waals surface area (Å²) < 4.78 is 50.8. The maximum Gasteiger partial charge on any atom is 0.351 e. The van der Waals surface area contributed by atoms with Crippen molar-refractivity contribution in [2.24, 2.45) is 0 Å². The number of benzene rings is 1. The molecule has 7 nitrogen and oxygen atoms in total. The van der Waals surface area contributed by atoms with Crippen molar-refractivity contribution < 1.29 is 22.0 Å². The van der Waals surface area contributed by atoms with Crippen molar-refractivity contribution in [2.75, 3.05) is 13.2 Å². The monoisotopic (exact) mass is 386 g/mol. The molecule has 1 unspecified atom stereocenters. The average molecular weight is 386 g/mol. The molecule has 0 amide bonds. The van der Waals surface area contributed by atoms with Gasteiger partial charge >= 0.3 is 7.60 Å². The second-order valence-corrected chi connectivity index (χ2v) is 9.65. The van der Waals surface area contributed by atoms with Gasteiger partial charge in [0.1, 0.15) is 0 Å². The largest absolute Gasteiger partial charge is 0.351 e. The van der Waals surface area contributed by atoms with Crippen LogP contribution >= 0.6 is 7.60 Å². The summed E-state index contributed by atoms with van der Waals surface area (Å²) in [6.45, 7) is 7.01. The zero-order chi connectivity index (χ0) is 18.9. The fraction of sp³-hybridized carbons (Fsp3) is 0.562. The molecule has 0 radical (unpaired) electrons. The highest BCUT2D eigenvalue weighted by Crippen LogP contribution is 2.69. The van der Waals surface area contributed by atoms with Crippen LogP contribution in [0.1, 0.15) is 32.8 Å². The molecule has 1 fully saturated rings. The molecule has 1 aliphatic rings. The van der Waals surface area contributed by atoms with E-state index in [9.17, 15) is 18.2 Å². The minimum Gasteiger partial charge on any atom is -0.308 e. The SMILES string of the molecule is CCOP(=O)(OCC)[C@@H]1N(S(=O)(=O)c2ccc(C)cc2)[C@]1(C#N)CC. The summed E-state index contributed by atoms with van der Waals surface area (Å²) >= 11 is 0. The number of hydrogen-bond acceptors (Lipinski definition) is 6. The van der Waals surface area contributed by atoms with Gasteiger partial charge in [0, 0.05) is 0 Å². The lowest BCUT2D eigenvalue weighted by Crippen LogP contribution is -2.21. The average Bonchev–Trinajstić information content (AvgIpc) is 3.27. The van der Waals surface area contributed by atoms with Gasteiger partial charge in [-0.25, -0.2) is 8.42 Å². The lowest BCUT2D eigenvalue weighted by molar-refractivity contribution is 0.216. The lowest BCUT2D eigenvalue weighted by Gasteiger charge is -2.17. The third kappa shape index (κ3) is 3.27. The lowest BCUT2D eigenvalue weighted by atomic mass is 10.1. The molecule has 1 aromatic rings. The molecule has 0 saturated carbocycles. The number of hydrogen-bond donors (Lipinski definition) is 0. The molecule has 0 spiro atoms. The van der Waals surface area contributed by atoms with Crippen LogP contribution in [0.25, 0.3) is 0 Å². The Morgan fingerprint density at radius 3 is 2.12 bits per heavy atom. The van der Waals surface area contributed by atoms with Crippen molar-refractivity contribution >= 4 is 17.6 Å². The van der Waals surface area contributed by atoms with E-state index in [-0.39, 0.29) is 24.5 Å². The van der Waals surface area contributed by atoms with E-state index in [2.05, 4.69) is 0 Å². The molecule has 1 aromatic carbocycles. The van der Waals surface area contributed by atoms with Gasteiger partial charge in [-0.3, -0.25) is 4.57 Å². The van der Waals surface area contributed by atoms with E-state index >= 15 is 0 Å². The van der Waals surface area contributed by atoms with Crippen LogP contribution in [0.2, 0.25) is 0 Å². The maximum absolute atomic E-state index is 13.1. The number of aryl methyl sites for hydroxylation is 1. The van der Waals surface area contributed by atoms with Gasteiger partial charge in [-0.1, -0.05) is 24.6 Å². The number of sulfonamides is 1. The first-order chi connectivity index (χ1) is 11.7. The first-order valence-corrected chi connectivity index (χ1v) is 11.2. The Hall–Kier alpha value is -1.23. The van der Waals surface area contributed by atoms with Crippen LogP contribution in [0, 0.1) is 18.3 Å². The Kier molecular flexibility index (Phi) is 5.77. The molecule has 0 aromatic heterocycles. The van der Waals surface area contributed by atoms with Crippen LogP contribution in [0.5, 0.6) is 0 Å². The Labute approximate surface area is 149 Å². The highest BCUT2D eigenvalue weighted by Gasteiger charge is 2.76. The van der Waals surface area contributed by atoms with Gasteiger partial charge in [0.15, 0.2) is 11.3 Å². The zero-order valence-electron chi connectivity index (χ0n) is 14.8. The molecule has 138 valence electrons. The Morgan fingerprint density at radius 1 is 1.20 bits per heavy atom. The predicted octanol–water partition coefficient (Wildman–Crippen LogP) is 3.26. The van der Waals surface area contributed by atoms with Crippen LogP contribution in [0.3, 0.4) is 0 Å². The summed E-state index contributed by atoms with van der Waals surface area (Å²) in [5, 5.41) is 9.66. The van der Waals surface area contributed by atoms with Crippen molar-refractivity contribution in [1.82, 2.24) is 4.31 Å². The summed E-state index contributed by atoms with van der Waals surface area (Å²) in [6.07, 6.45) is 0.184. The van der Waals surface area contributed by atoms with Crippen LogP contribution in [-0.2, 0) is 23.6 Å². The molecule has 0 bridgehead atoms. The normalized spacial score (nSPS) is 26.2. The van der Waals surface area contributed by atoms with Crippen molar-refractivity contribution in [3.05, 3.63) is 29.8 Å². The zero-order valence-corrected chi connectivity index (χ0v) is 16.5. The van der Waals surface area contributed by atoms with E-state index in [1.165, 1.54) is 12.1 Å². The van der Waals surface area contributed by atoms with Crippen LogP contribution in [-0.4, -0.2) is 37.3 Å². The summed E-state index contributed by atoms with van der Waals surface area (Å²) in [5.41, 5.74) is -0.513. The van der Waals surface area contributed by atoms with Gasteiger partial charge in [0.05, 0.1) is 24.2 Å². The number of rotatable bonds is 8. The Balaban J connectivity index is 2.53. The minimum atomic E-state index is -4.00. The van der Waals surface area contributed by atoms with Gasteiger partial charge in [-0.2, -0.15) is 9.57 Å². The van der Waals surface area contributed by atoms with Crippen molar-refractivity contribution in [3.63, 3.8) is 0 Å². The third-order valence-corrected chi connectivity index (χ3v) is 8.77. The molecule has 1 aliphatic heterocycles. The molecule has 2 rings (SSSR count). The van der Waals surface area contributed by atoms with Gasteiger partial charge in [-0.05, 0) is 39.3 Å². The molecule has 3 atom stereocenters. The van der Waals surface area contributed by atoms with Gasteiger partial charge in [-0.15, -0.1) is 0 Å². The van der Waals surface area contributed by atoms with Crippen LogP contribution in [0.15, 0.2) is 29.2 Å². The quantitative estimate of drug-likeness (QED) is 0.502. The first kappa shape index (κ1) is 20.1. The van der Waals surface area contributed by atoms with Crippen LogP contribution in [0.4, 0.5) is 0 Å². The Morgan fingerprint density at radius 2 is 1.72 bits per heavy atom. The van der Waals surface area contributed by atoms with Crippen molar-refractivity contribution in [2.45, 2.75) is 50.3 Å². The topological polar surface area (TPSA) is 96.5 Å². The Bertz CT molecular complexity index is 808. The third-order valence-electron chi connectivity index (χ3n) is 4.20. The summed E-state index contributed by atoms with van der Waals surface area (Å²) in [6, 6.07) is 8.33. The van der Waals surface area contributed by atoms with E-state index in [1.54, 1.807) is 32.9 Å². The first-order valence-electron chi connectivity index (χ1n) is 8.14. The minimum absolute atomic E-state index is 0.0493. The molecular formula is C16H23N2O5PS. The van der Waals surface area contributed by atoms with E-state index in [1.807, 2.05) is 13.0 Å². The number of nitrogens with zero attached hydrogens (tertiary/aromatic N) is 2. The van der Waals surface area contributed by atoms with Crippen LogP contribution < -0.4 is 0 Å². The van der Waals surface area contributed by atoms with Gasteiger partial charge in [0.25, 0.3) is 0 Å². The van der Waals surface area contributed by atoms with E-state index < -0.39 is 28.9 Å². The van der Waals surface area contributed by atoms with Crippen molar-refractivity contribution in [1.29, 1.82) is 5.26 Å². The molecular weight excluding hydrogens is 363 g/mol. The molecule has 1 saturated heterocycles. The summed E-state index contributed by atoms with van der Waals surface area (Å²) in [4.78, 5) is 0.0493. The van der Waals surface area contributed by atoms with Gasteiger partial charge in [0.2, 0.25) is 10.0 Å². The standard InChI is InChI=1S/C16H23N2O5PS/c1-5-16(12-17)15(24(19,22-6-2)23-7-3)18(16)25(20,21)14-10-8-13(4)9-11-14/h8-11,15H,5-7H2,1-4H3/t15-,16-,18?/m0/s1. The smallest absolute Gasteiger partial charge is 0.308 e. The van der Waals surface area contributed by atoms with Gasteiger partial charge < -0.3 is 9.05 Å². The van der Waals surface area contributed by atoms with E-state index in [0.29, 0.717) is 0 Å². The molecule has 0 N–H and O–H groups in total. The fourth-order valence-corrected chi connectivity index (χ4v) is 7.87. The predicted molar refractivity (Wildman–Crippen MR) is 93.5 cm³/mol. The second kappa shape index (κ2) is 7.18. The molecule has 1 heterocycles. The summed E-state index contributed by atoms with van der Waals surface area (Å²) in [7, 11) is -7.80. The van der Waals surface area contributed by atoms with E-state index in [0.717, 1.165) is 9.87 Å². The van der Waals surface area contributed by atoms with Crippen molar-refractivity contribution in [3.8, 4) is 6.07 Å². The second-order valence-electron chi connectivity index (χ2n) is 5.75. The summed E-state index contributed by atoms with van der Waals surface area (Å²) in [5.74, 6) is -1.14. The molecule has 9 heteroatoms.